The third-order valence-electron chi connectivity index (χ3n) is 7.10. The van der Waals surface area contributed by atoms with Crippen LogP contribution in [0.1, 0.15) is 43.4 Å². The molecule has 35 heavy (non-hydrogen) atoms. The molecule has 0 spiro atoms. The van der Waals surface area contributed by atoms with Gasteiger partial charge in [0.1, 0.15) is 11.6 Å². The fourth-order valence-corrected chi connectivity index (χ4v) is 5.02. The summed E-state index contributed by atoms with van der Waals surface area (Å²) in [5.74, 6) is 1.20. The Labute approximate surface area is 208 Å². The van der Waals surface area contributed by atoms with Crippen molar-refractivity contribution in [2.45, 2.75) is 38.8 Å². The van der Waals surface area contributed by atoms with Gasteiger partial charge in [0, 0.05) is 57.4 Å². The van der Waals surface area contributed by atoms with Crippen molar-refractivity contribution in [2.75, 3.05) is 51.8 Å². The summed E-state index contributed by atoms with van der Waals surface area (Å²) < 4.78 is 5.30. The number of unbranched alkanes of at least 4 members (excludes halogenated alkanes) is 1. The Morgan fingerprint density at radius 1 is 1.14 bits per heavy atom. The Balaban J connectivity index is 1.50. The van der Waals surface area contributed by atoms with E-state index < -0.39 is 5.92 Å². The van der Waals surface area contributed by atoms with Crippen LogP contribution in [0, 0.1) is 5.92 Å². The van der Waals surface area contributed by atoms with Crippen molar-refractivity contribution < 1.29 is 14.3 Å². The number of piperazine rings is 1. The molecule has 2 saturated heterocycles. The van der Waals surface area contributed by atoms with Crippen molar-refractivity contribution in [2.24, 2.45) is 5.92 Å². The number of carbonyl (C=O) groups is 2. The zero-order valence-electron chi connectivity index (χ0n) is 21.1. The minimum absolute atomic E-state index is 0.0407. The molecule has 2 atom stereocenters. The van der Waals surface area contributed by atoms with Crippen LogP contribution in [0.25, 0.3) is 0 Å². The third kappa shape index (κ3) is 5.75. The fraction of sp³-hybridized carbons (Fsp3) is 0.519. The molecule has 2 fully saturated rings. The normalized spacial score (nSPS) is 20.8. The number of nitrogens with zero attached hydrogens (tertiary/aromatic N) is 4. The lowest BCUT2D eigenvalue weighted by Crippen LogP contribution is -2.45. The van der Waals surface area contributed by atoms with Gasteiger partial charge in [0.2, 0.25) is 11.8 Å². The Kier molecular flexibility index (Phi) is 8.23. The molecule has 2 aromatic rings. The quantitative estimate of drug-likeness (QED) is 0.596. The van der Waals surface area contributed by atoms with Crippen LogP contribution in [0.3, 0.4) is 0 Å². The maximum absolute atomic E-state index is 13.5. The first-order chi connectivity index (χ1) is 17.0. The number of likely N-dealkylation sites (N-methyl/N-ethyl adjacent to an activating group) is 1. The number of hydrogen-bond acceptors (Lipinski definition) is 6. The number of anilines is 1. The molecule has 8 nitrogen and oxygen atoms in total. The number of pyridine rings is 1. The van der Waals surface area contributed by atoms with E-state index in [4.69, 9.17) is 4.74 Å². The summed E-state index contributed by atoms with van der Waals surface area (Å²) in [5, 5.41) is 3.13. The Morgan fingerprint density at radius 3 is 2.57 bits per heavy atom. The van der Waals surface area contributed by atoms with Crippen LogP contribution >= 0.6 is 0 Å². The van der Waals surface area contributed by atoms with Crippen LogP contribution in [-0.4, -0.2) is 73.5 Å². The van der Waals surface area contributed by atoms with E-state index in [-0.39, 0.29) is 24.3 Å². The van der Waals surface area contributed by atoms with E-state index in [2.05, 4.69) is 34.1 Å². The Morgan fingerprint density at radius 2 is 1.89 bits per heavy atom. The predicted molar refractivity (Wildman–Crippen MR) is 136 cm³/mol. The molecule has 1 aromatic carbocycles. The molecule has 2 unspecified atom stereocenters. The second kappa shape index (κ2) is 11.5. The van der Waals surface area contributed by atoms with E-state index in [1.54, 1.807) is 13.3 Å². The van der Waals surface area contributed by atoms with E-state index in [0.29, 0.717) is 13.1 Å². The molecule has 3 heterocycles. The highest BCUT2D eigenvalue weighted by Gasteiger charge is 2.44. The zero-order valence-corrected chi connectivity index (χ0v) is 21.1. The van der Waals surface area contributed by atoms with Crippen molar-refractivity contribution in [1.29, 1.82) is 0 Å². The monoisotopic (exact) mass is 479 g/mol. The molecule has 0 radical (unpaired) electrons. The summed E-state index contributed by atoms with van der Waals surface area (Å²) >= 11 is 0. The van der Waals surface area contributed by atoms with Gasteiger partial charge in [-0.25, -0.2) is 4.98 Å². The van der Waals surface area contributed by atoms with E-state index in [9.17, 15) is 9.59 Å². The average Bonchev–Trinajstić information content (AvgIpc) is 3.22. The summed E-state index contributed by atoms with van der Waals surface area (Å²) in [6.07, 6.45) is 3.94. The van der Waals surface area contributed by atoms with Gasteiger partial charge < -0.3 is 24.8 Å². The van der Waals surface area contributed by atoms with Gasteiger partial charge in [-0.05, 0) is 37.2 Å². The van der Waals surface area contributed by atoms with Crippen molar-refractivity contribution in [3.8, 4) is 5.75 Å². The van der Waals surface area contributed by atoms with Crippen LogP contribution < -0.4 is 15.0 Å². The fourth-order valence-electron chi connectivity index (χ4n) is 5.02. The van der Waals surface area contributed by atoms with Crippen LogP contribution in [-0.2, 0) is 16.1 Å². The maximum Gasteiger partial charge on any atom is 0.226 e. The van der Waals surface area contributed by atoms with Crippen molar-refractivity contribution >= 4 is 17.6 Å². The molecule has 1 N–H and O–H groups in total. The molecule has 2 aliphatic rings. The van der Waals surface area contributed by atoms with Gasteiger partial charge in [-0.3, -0.25) is 9.59 Å². The third-order valence-corrected chi connectivity index (χ3v) is 7.10. The highest BCUT2D eigenvalue weighted by atomic mass is 16.5. The van der Waals surface area contributed by atoms with Gasteiger partial charge in [-0.1, -0.05) is 31.5 Å². The van der Waals surface area contributed by atoms with Crippen LogP contribution in [0.15, 0.2) is 42.6 Å². The largest absolute Gasteiger partial charge is 0.497 e. The number of nitrogens with one attached hydrogen (secondary N) is 1. The van der Waals surface area contributed by atoms with Crippen LogP contribution in [0.5, 0.6) is 5.75 Å². The molecule has 2 amide bonds. The second-order valence-corrected chi connectivity index (χ2v) is 9.46. The first-order valence-corrected chi connectivity index (χ1v) is 12.6. The zero-order chi connectivity index (χ0) is 24.8. The van der Waals surface area contributed by atoms with Crippen molar-refractivity contribution in [1.82, 2.24) is 20.1 Å². The number of hydrogen-bond donors (Lipinski definition) is 1. The number of benzene rings is 1. The highest BCUT2D eigenvalue weighted by molar-refractivity contribution is 5.90. The van der Waals surface area contributed by atoms with Crippen molar-refractivity contribution in [3.63, 3.8) is 0 Å². The van der Waals surface area contributed by atoms with Gasteiger partial charge in [0.25, 0.3) is 0 Å². The molecule has 4 rings (SSSR count). The lowest BCUT2D eigenvalue weighted by atomic mass is 9.92. The minimum Gasteiger partial charge on any atom is -0.497 e. The van der Waals surface area contributed by atoms with Crippen LogP contribution in [0.4, 0.5) is 5.82 Å². The van der Waals surface area contributed by atoms with E-state index in [0.717, 1.165) is 61.7 Å². The summed E-state index contributed by atoms with van der Waals surface area (Å²) in [6.45, 7) is 6.97. The lowest BCUT2D eigenvalue weighted by molar-refractivity contribution is -0.129. The molecule has 8 heteroatoms. The SMILES string of the molecule is CCCCN1C(=O)CC(C(=O)NCc2cccnc2N2CCN(C)CC2)C1c1ccc(OC)cc1. The molecular weight excluding hydrogens is 442 g/mol. The summed E-state index contributed by atoms with van der Waals surface area (Å²) in [5.41, 5.74) is 1.96. The smallest absolute Gasteiger partial charge is 0.226 e. The van der Waals surface area contributed by atoms with Gasteiger partial charge >= 0.3 is 0 Å². The molecule has 0 aliphatic carbocycles. The molecule has 188 valence electrons. The summed E-state index contributed by atoms with van der Waals surface area (Å²) in [4.78, 5) is 37.5. The first kappa shape index (κ1) is 25.0. The number of amides is 2. The van der Waals surface area contributed by atoms with Gasteiger partial charge in [-0.2, -0.15) is 0 Å². The molecule has 2 aliphatic heterocycles. The van der Waals surface area contributed by atoms with E-state index in [1.165, 1.54) is 0 Å². The topological polar surface area (TPSA) is 78.0 Å². The number of likely N-dealkylation sites (tertiary alicyclic amines) is 1. The lowest BCUT2D eigenvalue weighted by Gasteiger charge is -2.34. The Hall–Kier alpha value is -3.13. The van der Waals surface area contributed by atoms with Crippen molar-refractivity contribution in [3.05, 3.63) is 53.7 Å². The maximum atomic E-state index is 13.5. The molecular formula is C27H37N5O3. The van der Waals surface area contributed by atoms with Gasteiger partial charge in [0.05, 0.1) is 19.1 Å². The first-order valence-electron chi connectivity index (χ1n) is 12.6. The molecule has 0 bridgehead atoms. The Bertz CT molecular complexity index is 1000. The van der Waals surface area contributed by atoms with Crippen LogP contribution in [0.2, 0.25) is 0 Å². The van der Waals surface area contributed by atoms with Gasteiger partial charge in [0.15, 0.2) is 0 Å². The summed E-state index contributed by atoms with van der Waals surface area (Å²) in [7, 11) is 3.76. The number of rotatable bonds is 9. The number of carbonyl (C=O) groups excluding carboxylic acids is 2. The predicted octanol–water partition coefficient (Wildman–Crippen LogP) is 2.85. The van der Waals surface area contributed by atoms with E-state index >= 15 is 0 Å². The molecule has 0 saturated carbocycles. The minimum atomic E-state index is -0.434. The van der Waals surface area contributed by atoms with E-state index in [1.807, 2.05) is 41.3 Å². The van der Waals surface area contributed by atoms with Gasteiger partial charge in [-0.15, -0.1) is 0 Å². The number of aromatic nitrogens is 1. The average molecular weight is 480 g/mol. The number of methoxy groups -OCH3 is 1. The standard InChI is InChI=1S/C27H37N5O3/c1-4-5-13-32-24(33)18-23(25(32)20-8-10-22(35-3)11-9-20)27(34)29-19-21-7-6-12-28-26(21)31-16-14-30(2)15-17-31/h6-12,23,25H,4-5,13-19H2,1-3H3,(H,29,34). The molecule has 1 aromatic heterocycles. The summed E-state index contributed by atoms with van der Waals surface area (Å²) in [6, 6.07) is 11.4. The second-order valence-electron chi connectivity index (χ2n) is 9.46. The highest BCUT2D eigenvalue weighted by Crippen LogP contribution is 2.39. The number of ether oxygens (including phenoxy) is 1.